The molecule has 0 bridgehead atoms. The van der Waals surface area contributed by atoms with Crippen LogP contribution in [0.2, 0.25) is 0 Å². The first kappa shape index (κ1) is 20.6. The van der Waals surface area contributed by atoms with Crippen molar-refractivity contribution in [1.29, 1.82) is 0 Å². The zero-order valence-corrected chi connectivity index (χ0v) is 17.3. The second-order valence-corrected chi connectivity index (χ2v) is 9.06. The molecule has 6 nitrogen and oxygen atoms in total. The minimum atomic E-state index is -0.290. The molecule has 0 aromatic rings. The fourth-order valence-electron chi connectivity index (χ4n) is 4.81. The number of nitrogens with zero attached hydrogens (tertiary/aromatic N) is 3. The van der Waals surface area contributed by atoms with E-state index in [4.69, 9.17) is 0 Å². The molecule has 0 aromatic heterocycles. The first-order valence-corrected chi connectivity index (χ1v) is 11.0. The molecule has 1 N–H and O–H groups in total. The average molecular weight is 379 g/mol. The zero-order valence-electron chi connectivity index (χ0n) is 17.3. The lowest BCUT2D eigenvalue weighted by atomic mass is 9.93. The van der Waals surface area contributed by atoms with Crippen LogP contribution in [0.1, 0.15) is 52.4 Å². The van der Waals surface area contributed by atoms with Crippen molar-refractivity contribution in [2.24, 2.45) is 11.8 Å². The number of amides is 2. The van der Waals surface area contributed by atoms with E-state index < -0.39 is 0 Å². The van der Waals surface area contributed by atoms with Gasteiger partial charge >= 0.3 is 0 Å². The summed E-state index contributed by atoms with van der Waals surface area (Å²) in [7, 11) is 0. The Kier molecular flexibility index (Phi) is 7.53. The van der Waals surface area contributed by atoms with Gasteiger partial charge < -0.3 is 15.1 Å². The molecule has 0 spiro atoms. The Morgan fingerprint density at radius 3 is 2.48 bits per heavy atom. The Balaban J connectivity index is 1.43. The smallest absolute Gasteiger partial charge is 0.237 e. The summed E-state index contributed by atoms with van der Waals surface area (Å²) in [6, 6.07) is -0.290. The molecule has 0 aromatic carbocycles. The van der Waals surface area contributed by atoms with Crippen LogP contribution in [0.4, 0.5) is 0 Å². The minimum absolute atomic E-state index is 0.0238. The lowest BCUT2D eigenvalue weighted by molar-refractivity contribution is -0.140. The van der Waals surface area contributed by atoms with Crippen LogP contribution in [0.3, 0.4) is 0 Å². The van der Waals surface area contributed by atoms with Gasteiger partial charge in [-0.2, -0.15) is 0 Å². The maximum atomic E-state index is 12.8. The van der Waals surface area contributed by atoms with Crippen LogP contribution in [0.25, 0.3) is 0 Å². The second-order valence-electron chi connectivity index (χ2n) is 9.06. The third-order valence-corrected chi connectivity index (χ3v) is 6.43. The summed E-state index contributed by atoms with van der Waals surface area (Å²) >= 11 is 0. The molecule has 3 aliphatic heterocycles. The number of piperidine rings is 1. The van der Waals surface area contributed by atoms with Crippen LogP contribution in [-0.4, -0.2) is 84.9 Å². The molecule has 27 heavy (non-hydrogen) atoms. The summed E-state index contributed by atoms with van der Waals surface area (Å²) in [6.07, 6.45) is 6.55. The molecule has 0 aliphatic carbocycles. The van der Waals surface area contributed by atoms with E-state index in [2.05, 4.69) is 29.0 Å². The number of hydrogen-bond acceptors (Lipinski definition) is 4. The van der Waals surface area contributed by atoms with Gasteiger partial charge in [0.25, 0.3) is 0 Å². The van der Waals surface area contributed by atoms with Gasteiger partial charge in [-0.1, -0.05) is 13.8 Å². The van der Waals surface area contributed by atoms with E-state index >= 15 is 0 Å². The zero-order chi connectivity index (χ0) is 19.2. The van der Waals surface area contributed by atoms with E-state index in [-0.39, 0.29) is 17.9 Å². The van der Waals surface area contributed by atoms with Gasteiger partial charge in [-0.15, -0.1) is 0 Å². The van der Waals surface area contributed by atoms with Gasteiger partial charge in [-0.3, -0.25) is 14.5 Å². The number of piperazine rings is 1. The molecule has 0 saturated carbocycles. The summed E-state index contributed by atoms with van der Waals surface area (Å²) in [5.74, 6) is 1.43. The van der Waals surface area contributed by atoms with E-state index in [9.17, 15) is 9.59 Å². The van der Waals surface area contributed by atoms with Crippen molar-refractivity contribution in [1.82, 2.24) is 20.0 Å². The molecule has 0 radical (unpaired) electrons. The largest absolute Gasteiger partial charge is 0.353 e. The molecule has 3 rings (SSSR count). The van der Waals surface area contributed by atoms with Gasteiger partial charge in [0.15, 0.2) is 0 Å². The fraction of sp³-hybridized carbons (Fsp3) is 0.905. The number of hydrogen-bond donors (Lipinski definition) is 1. The van der Waals surface area contributed by atoms with Crippen LogP contribution in [0.15, 0.2) is 0 Å². The number of carbonyl (C=O) groups is 2. The number of rotatable bonds is 7. The Hall–Kier alpha value is -1.14. The highest BCUT2D eigenvalue weighted by atomic mass is 16.2. The highest BCUT2D eigenvalue weighted by Crippen LogP contribution is 2.23. The topological polar surface area (TPSA) is 55.9 Å². The van der Waals surface area contributed by atoms with Crippen molar-refractivity contribution in [2.45, 2.75) is 58.4 Å². The highest BCUT2D eigenvalue weighted by molar-refractivity contribution is 5.88. The Morgan fingerprint density at radius 2 is 1.81 bits per heavy atom. The van der Waals surface area contributed by atoms with Crippen molar-refractivity contribution in [3.05, 3.63) is 0 Å². The second kappa shape index (κ2) is 9.87. The Morgan fingerprint density at radius 1 is 1.11 bits per heavy atom. The quantitative estimate of drug-likeness (QED) is 0.730. The summed E-state index contributed by atoms with van der Waals surface area (Å²) in [5, 5.41) is 2.94. The Bertz CT molecular complexity index is 496. The predicted molar refractivity (Wildman–Crippen MR) is 107 cm³/mol. The molecule has 6 heteroatoms. The molecular formula is C21H38N4O2. The van der Waals surface area contributed by atoms with E-state index in [1.165, 1.54) is 38.9 Å². The molecule has 3 heterocycles. The van der Waals surface area contributed by atoms with Crippen molar-refractivity contribution < 1.29 is 9.59 Å². The fourth-order valence-corrected chi connectivity index (χ4v) is 4.81. The standard InChI is InChI=1S/C21H38N4O2/c1-17(2)16-25-14-8-22-21(27)19(25)15-20(26)24-12-6-18(7-13-24)5-11-23-9-3-4-10-23/h17-19H,3-16H2,1-2H3,(H,22,27)/t19-/m0/s1. The normalized spacial score (nSPS) is 26.0. The Labute approximate surface area is 164 Å². The van der Waals surface area contributed by atoms with Gasteiger partial charge in [-0.25, -0.2) is 0 Å². The number of carbonyl (C=O) groups excluding carboxylic acids is 2. The first-order valence-electron chi connectivity index (χ1n) is 11.0. The van der Waals surface area contributed by atoms with Crippen LogP contribution < -0.4 is 5.32 Å². The number of likely N-dealkylation sites (tertiary alicyclic amines) is 2. The van der Waals surface area contributed by atoms with Crippen LogP contribution >= 0.6 is 0 Å². The SMILES string of the molecule is CC(C)CN1CCNC(=O)[C@@H]1CC(=O)N1CCC(CCN2CCCC2)CC1. The van der Waals surface area contributed by atoms with E-state index in [0.717, 1.165) is 44.9 Å². The highest BCUT2D eigenvalue weighted by Gasteiger charge is 2.34. The maximum absolute atomic E-state index is 12.8. The van der Waals surface area contributed by atoms with E-state index in [1.54, 1.807) is 0 Å². The predicted octanol–water partition coefficient (Wildman–Crippen LogP) is 1.56. The molecule has 1 atom stereocenters. The lowest BCUT2D eigenvalue weighted by Crippen LogP contribution is -2.57. The van der Waals surface area contributed by atoms with E-state index in [0.29, 0.717) is 18.9 Å². The van der Waals surface area contributed by atoms with Gasteiger partial charge in [0.05, 0.1) is 12.5 Å². The van der Waals surface area contributed by atoms with Gasteiger partial charge in [-0.05, 0) is 63.6 Å². The van der Waals surface area contributed by atoms with Crippen molar-refractivity contribution in [3.8, 4) is 0 Å². The van der Waals surface area contributed by atoms with Crippen molar-refractivity contribution in [2.75, 3.05) is 52.4 Å². The summed E-state index contributed by atoms with van der Waals surface area (Å²) in [4.78, 5) is 32.0. The van der Waals surface area contributed by atoms with Crippen molar-refractivity contribution >= 4 is 11.8 Å². The van der Waals surface area contributed by atoms with Crippen molar-refractivity contribution in [3.63, 3.8) is 0 Å². The first-order chi connectivity index (χ1) is 13.0. The third kappa shape index (κ3) is 5.92. The van der Waals surface area contributed by atoms with Crippen LogP contribution in [-0.2, 0) is 9.59 Å². The average Bonchev–Trinajstić information content (AvgIpc) is 3.16. The molecule has 0 unspecified atom stereocenters. The third-order valence-electron chi connectivity index (χ3n) is 6.43. The molecular weight excluding hydrogens is 340 g/mol. The molecule has 2 amide bonds. The molecule has 3 aliphatic rings. The van der Waals surface area contributed by atoms with E-state index in [1.807, 2.05) is 4.90 Å². The molecule has 154 valence electrons. The van der Waals surface area contributed by atoms with Crippen LogP contribution in [0, 0.1) is 11.8 Å². The summed E-state index contributed by atoms with van der Waals surface area (Å²) < 4.78 is 0. The minimum Gasteiger partial charge on any atom is -0.353 e. The lowest BCUT2D eigenvalue weighted by Gasteiger charge is -2.38. The molecule has 3 fully saturated rings. The van der Waals surface area contributed by atoms with Gasteiger partial charge in [0.1, 0.15) is 0 Å². The van der Waals surface area contributed by atoms with Crippen LogP contribution in [0.5, 0.6) is 0 Å². The summed E-state index contributed by atoms with van der Waals surface area (Å²) in [5.41, 5.74) is 0. The maximum Gasteiger partial charge on any atom is 0.237 e. The summed E-state index contributed by atoms with van der Waals surface area (Å²) in [6.45, 7) is 12.2. The molecule has 3 saturated heterocycles. The number of nitrogens with one attached hydrogen (secondary N) is 1. The monoisotopic (exact) mass is 378 g/mol. The van der Waals surface area contributed by atoms with Gasteiger partial charge in [0, 0.05) is 32.7 Å². The van der Waals surface area contributed by atoms with Gasteiger partial charge in [0.2, 0.25) is 11.8 Å².